The highest BCUT2D eigenvalue weighted by Gasteiger charge is 2.76. The summed E-state index contributed by atoms with van der Waals surface area (Å²) in [6.07, 6.45) is 3.28. The number of halogens is 1. The number of hydrogen-bond donors (Lipinski definition) is 1. The van der Waals surface area contributed by atoms with E-state index in [1.807, 2.05) is 43.3 Å². The van der Waals surface area contributed by atoms with Gasteiger partial charge in [-0.2, -0.15) is 0 Å². The lowest BCUT2D eigenvalue weighted by Gasteiger charge is -2.39. The highest BCUT2D eigenvalue weighted by atomic mass is 35.5. The number of fused-ring (bicyclic) bond motifs is 1. The average Bonchev–Trinajstić information content (AvgIpc) is 3.83. The van der Waals surface area contributed by atoms with Gasteiger partial charge in [-0.3, -0.25) is 19.2 Å². The lowest BCUT2D eigenvalue weighted by molar-refractivity contribution is -0.165. The predicted molar refractivity (Wildman–Crippen MR) is 202 cm³/mol. The molecule has 0 aliphatic carbocycles. The maximum Gasteiger partial charge on any atom is 0.313 e. The van der Waals surface area contributed by atoms with Crippen molar-refractivity contribution in [2.45, 2.75) is 68.5 Å². The lowest BCUT2D eigenvalue weighted by Crippen LogP contribution is -2.57. The van der Waals surface area contributed by atoms with E-state index >= 15 is 4.79 Å². The van der Waals surface area contributed by atoms with Crippen LogP contribution in [0.15, 0.2) is 110 Å². The molecule has 3 fully saturated rings. The quantitative estimate of drug-likeness (QED) is 0.149. The number of aliphatic hydroxyl groups is 1. The Kier molecular flexibility index (Phi) is 11.5. The Hall–Kier alpha value is -4.77. The van der Waals surface area contributed by atoms with E-state index in [2.05, 4.69) is 13.2 Å². The van der Waals surface area contributed by atoms with Gasteiger partial charge in [0.05, 0.1) is 36.6 Å². The highest BCUT2D eigenvalue weighted by molar-refractivity contribution is 6.30. The third-order valence-electron chi connectivity index (χ3n) is 11.0. The zero-order valence-corrected chi connectivity index (χ0v) is 30.8. The second kappa shape index (κ2) is 16.1. The molecule has 6 rings (SSSR count). The number of likely N-dealkylation sites (tertiary alicyclic amines) is 1. The Bertz CT molecular complexity index is 1820. The molecule has 3 aliphatic heterocycles. The third-order valence-corrected chi connectivity index (χ3v) is 11.3. The smallest absolute Gasteiger partial charge is 0.313 e. The van der Waals surface area contributed by atoms with Gasteiger partial charge in [0.1, 0.15) is 17.7 Å². The van der Waals surface area contributed by atoms with Crippen LogP contribution >= 0.6 is 11.6 Å². The maximum absolute atomic E-state index is 15.0. The molecule has 0 saturated carbocycles. The molecular formula is C42H46ClN3O7. The van der Waals surface area contributed by atoms with E-state index in [1.54, 1.807) is 72.6 Å². The van der Waals surface area contributed by atoms with Crippen molar-refractivity contribution in [2.75, 3.05) is 25.1 Å². The van der Waals surface area contributed by atoms with Gasteiger partial charge in [-0.15, -0.1) is 13.2 Å². The van der Waals surface area contributed by atoms with Crippen LogP contribution in [0, 0.1) is 11.8 Å². The van der Waals surface area contributed by atoms with Crippen LogP contribution in [-0.2, 0) is 28.7 Å². The Morgan fingerprint density at radius 1 is 1.02 bits per heavy atom. The fourth-order valence-electron chi connectivity index (χ4n) is 8.35. The van der Waals surface area contributed by atoms with E-state index in [-0.39, 0.29) is 18.9 Å². The summed E-state index contributed by atoms with van der Waals surface area (Å²) in [7, 11) is 1.68. The molecule has 11 heteroatoms. The maximum atomic E-state index is 15.0. The summed E-state index contributed by atoms with van der Waals surface area (Å²) >= 11 is 6.20. The van der Waals surface area contributed by atoms with E-state index in [0.717, 1.165) is 0 Å². The standard InChI is InChI=1S/C42H46ClN3O7/c1-5-7-18-34(48)44(4)27(3)37(29-16-12-9-13-17-29)52-41(51)35-33-23-24-42(53-33)36(35)39(49)46(32(26-47)28-14-10-8-11-15-28)38(42)40(50)45(25-6-2)31-21-19-30(43)20-22-31/h5-6,8-17,19-22,27,32-33,35-38,47H,1-2,7,18,23-26H2,3-4H3/t27-,32+,33+,35-,36-,37+,38+,42-/m0/s1. The third kappa shape index (κ3) is 7.03. The molecule has 3 aromatic rings. The number of likely N-dealkylation sites (N-methyl/N-ethyl adjacent to an activating group) is 1. The summed E-state index contributed by atoms with van der Waals surface area (Å²) in [5.74, 6) is -3.75. The van der Waals surface area contributed by atoms with Crippen LogP contribution in [0.3, 0.4) is 0 Å². The van der Waals surface area contributed by atoms with E-state index in [0.29, 0.717) is 41.1 Å². The van der Waals surface area contributed by atoms with Gasteiger partial charge in [-0.1, -0.05) is 84.4 Å². The predicted octanol–water partition coefficient (Wildman–Crippen LogP) is 6.06. The molecule has 0 unspecified atom stereocenters. The van der Waals surface area contributed by atoms with E-state index in [1.165, 1.54) is 9.80 Å². The molecule has 3 heterocycles. The average molecular weight is 740 g/mol. The van der Waals surface area contributed by atoms with Crippen molar-refractivity contribution in [3.05, 3.63) is 126 Å². The molecule has 2 bridgehead atoms. The first-order chi connectivity index (χ1) is 25.6. The molecule has 53 heavy (non-hydrogen) atoms. The van der Waals surface area contributed by atoms with Gasteiger partial charge in [0.15, 0.2) is 0 Å². The number of rotatable bonds is 15. The number of carbonyl (C=O) groups is 4. The molecule has 1 N–H and O–H groups in total. The van der Waals surface area contributed by atoms with E-state index in [4.69, 9.17) is 21.1 Å². The number of ether oxygens (including phenoxy) is 2. The zero-order chi connectivity index (χ0) is 37.9. The number of nitrogens with zero attached hydrogens (tertiary/aromatic N) is 3. The number of allylic oxidation sites excluding steroid dienone is 1. The van der Waals surface area contributed by atoms with Crippen LogP contribution in [0.25, 0.3) is 0 Å². The van der Waals surface area contributed by atoms with Gasteiger partial charge in [-0.25, -0.2) is 0 Å². The van der Waals surface area contributed by atoms with Crippen LogP contribution in [0.1, 0.15) is 55.9 Å². The number of hydrogen-bond acceptors (Lipinski definition) is 7. The molecule has 3 saturated heterocycles. The zero-order valence-electron chi connectivity index (χ0n) is 30.1. The van der Waals surface area contributed by atoms with E-state index in [9.17, 15) is 19.5 Å². The minimum Gasteiger partial charge on any atom is -0.455 e. The van der Waals surface area contributed by atoms with Crippen LogP contribution in [0.5, 0.6) is 0 Å². The minimum absolute atomic E-state index is 0.124. The number of amides is 3. The summed E-state index contributed by atoms with van der Waals surface area (Å²) in [5.41, 5.74) is 0.495. The van der Waals surface area contributed by atoms with Crippen molar-refractivity contribution in [3.63, 3.8) is 0 Å². The van der Waals surface area contributed by atoms with Gasteiger partial charge in [-0.05, 0) is 61.6 Å². The molecule has 8 atom stereocenters. The highest BCUT2D eigenvalue weighted by Crippen LogP contribution is 2.60. The second-order valence-electron chi connectivity index (χ2n) is 14.0. The monoisotopic (exact) mass is 739 g/mol. The van der Waals surface area contributed by atoms with Crippen molar-refractivity contribution in [2.24, 2.45) is 11.8 Å². The van der Waals surface area contributed by atoms with Crippen molar-refractivity contribution in [3.8, 4) is 0 Å². The molecule has 0 radical (unpaired) electrons. The van der Waals surface area contributed by atoms with Crippen molar-refractivity contribution in [1.29, 1.82) is 0 Å². The molecule has 3 amide bonds. The Balaban J connectivity index is 1.40. The minimum atomic E-state index is -1.37. The number of anilines is 1. The molecule has 10 nitrogen and oxygen atoms in total. The first-order valence-electron chi connectivity index (χ1n) is 18.0. The molecular weight excluding hydrogens is 694 g/mol. The van der Waals surface area contributed by atoms with Gasteiger partial charge in [0.2, 0.25) is 11.8 Å². The lowest BCUT2D eigenvalue weighted by atomic mass is 9.70. The second-order valence-corrected chi connectivity index (χ2v) is 14.4. The largest absolute Gasteiger partial charge is 0.455 e. The summed E-state index contributed by atoms with van der Waals surface area (Å²) in [6, 6.07) is 22.4. The Labute approximate surface area is 315 Å². The van der Waals surface area contributed by atoms with Gasteiger partial charge in [0.25, 0.3) is 5.91 Å². The van der Waals surface area contributed by atoms with E-state index < -0.39 is 72.2 Å². The number of benzene rings is 3. The Morgan fingerprint density at radius 3 is 2.26 bits per heavy atom. The normalized spacial score (nSPS) is 24.5. The van der Waals surface area contributed by atoms with Crippen LogP contribution in [0.4, 0.5) is 5.69 Å². The number of carbonyl (C=O) groups excluding carboxylic acids is 4. The fourth-order valence-corrected chi connectivity index (χ4v) is 8.47. The fraction of sp³-hybridized carbons (Fsp3) is 0.381. The summed E-state index contributed by atoms with van der Waals surface area (Å²) in [4.78, 5) is 62.2. The molecule has 3 aliphatic rings. The van der Waals surface area contributed by atoms with Gasteiger partial charge >= 0.3 is 5.97 Å². The molecule has 278 valence electrons. The SMILES string of the molecule is C=CCCC(=O)N(C)[C@@H](C)[C@@H](OC(=O)[C@@H]1[C@H]2C(=O)N([C@H](CO)c3ccccc3)[C@H](C(=O)N(CC=C)c3ccc(Cl)cc3)[C@]23CC[C@H]1O3)c1ccccc1. The molecule has 0 aromatic heterocycles. The first kappa shape index (κ1) is 38.0. The van der Waals surface area contributed by atoms with Gasteiger partial charge < -0.3 is 29.3 Å². The first-order valence-corrected chi connectivity index (χ1v) is 18.4. The topological polar surface area (TPSA) is 117 Å². The summed E-state index contributed by atoms with van der Waals surface area (Å²) < 4.78 is 13.1. The summed E-state index contributed by atoms with van der Waals surface area (Å²) in [6.45, 7) is 9.07. The van der Waals surface area contributed by atoms with Crippen LogP contribution in [0.2, 0.25) is 5.02 Å². The van der Waals surface area contributed by atoms with Crippen molar-refractivity contribution in [1.82, 2.24) is 9.80 Å². The van der Waals surface area contributed by atoms with Crippen LogP contribution in [-0.4, -0.2) is 82.6 Å². The Morgan fingerprint density at radius 2 is 1.66 bits per heavy atom. The number of aliphatic hydroxyl groups excluding tert-OH is 1. The summed E-state index contributed by atoms with van der Waals surface area (Å²) in [5, 5.41) is 11.4. The molecule has 1 spiro atoms. The van der Waals surface area contributed by atoms with Crippen molar-refractivity contribution < 1.29 is 33.8 Å². The van der Waals surface area contributed by atoms with Crippen LogP contribution < -0.4 is 4.90 Å². The molecule has 3 aromatic carbocycles. The number of esters is 1. The van der Waals surface area contributed by atoms with Gasteiger partial charge in [0, 0.05) is 30.7 Å². The van der Waals surface area contributed by atoms with Crippen molar-refractivity contribution >= 4 is 41.0 Å².